The molecule has 1 unspecified atom stereocenters. The Bertz CT molecular complexity index is 524. The molecule has 1 saturated carbocycles. The van der Waals surface area contributed by atoms with Crippen molar-refractivity contribution in [2.75, 3.05) is 0 Å². The molecule has 2 rings (SSSR count). The zero-order valence-electron chi connectivity index (χ0n) is 13.1. The molecule has 1 amide bonds. The fourth-order valence-electron chi connectivity index (χ4n) is 2.58. The molecular formula is C15H25BrN4O. The fourth-order valence-corrected chi connectivity index (χ4v) is 2.86. The highest BCUT2D eigenvalue weighted by Gasteiger charge is 2.36. The van der Waals surface area contributed by atoms with Crippen LogP contribution < -0.4 is 11.1 Å². The fraction of sp³-hybridized carbons (Fsp3) is 0.733. The summed E-state index contributed by atoms with van der Waals surface area (Å²) >= 11 is 3.54. The van der Waals surface area contributed by atoms with Gasteiger partial charge < -0.3 is 11.1 Å². The molecule has 1 atom stereocenters. The molecule has 1 heterocycles. The number of rotatable bonds is 8. The van der Waals surface area contributed by atoms with Gasteiger partial charge in [0.25, 0.3) is 0 Å². The zero-order chi connectivity index (χ0) is 15.6. The van der Waals surface area contributed by atoms with Crippen molar-refractivity contribution in [3.8, 4) is 0 Å². The minimum atomic E-state index is -0.573. The molecule has 0 spiro atoms. The second-order valence-corrected chi connectivity index (χ2v) is 7.07. The molecular weight excluding hydrogens is 332 g/mol. The Balaban J connectivity index is 1.82. The second-order valence-electron chi connectivity index (χ2n) is 6.28. The van der Waals surface area contributed by atoms with Crippen LogP contribution in [0.4, 0.5) is 0 Å². The summed E-state index contributed by atoms with van der Waals surface area (Å²) < 4.78 is 3.11. The minimum Gasteiger partial charge on any atom is -0.368 e. The number of carbonyl (C=O) groups is 1. The predicted molar refractivity (Wildman–Crippen MR) is 87.0 cm³/mol. The first-order valence-corrected chi connectivity index (χ1v) is 8.40. The van der Waals surface area contributed by atoms with Crippen LogP contribution in [0.5, 0.6) is 0 Å². The van der Waals surface area contributed by atoms with Crippen molar-refractivity contribution >= 4 is 21.8 Å². The Morgan fingerprint density at radius 3 is 2.62 bits per heavy atom. The third-order valence-electron chi connectivity index (χ3n) is 4.23. The van der Waals surface area contributed by atoms with Gasteiger partial charge in [-0.2, -0.15) is 5.10 Å². The molecule has 3 N–H and O–H groups in total. The van der Waals surface area contributed by atoms with Gasteiger partial charge >= 0.3 is 0 Å². The summed E-state index contributed by atoms with van der Waals surface area (Å²) in [5, 5.41) is 7.89. The molecule has 118 valence electrons. The topological polar surface area (TPSA) is 72.9 Å². The summed E-state index contributed by atoms with van der Waals surface area (Å²) in [7, 11) is 0. The standard InChI is InChI=1S/C15H25BrN4O/c1-10-13(16)11(2)20(19-10)9-5-4-8-15(3,14(17)21)18-12-6-7-12/h12,18H,4-9H2,1-3H3,(H2,17,21). The van der Waals surface area contributed by atoms with Crippen LogP contribution in [0.15, 0.2) is 4.47 Å². The molecule has 0 aliphatic heterocycles. The summed E-state index contributed by atoms with van der Waals surface area (Å²) in [4.78, 5) is 11.7. The molecule has 0 saturated heterocycles. The lowest BCUT2D eigenvalue weighted by Crippen LogP contribution is -2.53. The van der Waals surface area contributed by atoms with Crippen LogP contribution in [-0.4, -0.2) is 27.3 Å². The summed E-state index contributed by atoms with van der Waals surface area (Å²) in [6, 6.07) is 0.481. The van der Waals surface area contributed by atoms with Crippen molar-refractivity contribution in [2.45, 2.75) is 71.0 Å². The van der Waals surface area contributed by atoms with Gasteiger partial charge in [0.15, 0.2) is 0 Å². The van der Waals surface area contributed by atoms with Gasteiger partial charge in [-0.3, -0.25) is 9.48 Å². The molecule has 1 aliphatic rings. The van der Waals surface area contributed by atoms with E-state index in [1.54, 1.807) is 0 Å². The SMILES string of the molecule is Cc1nn(CCCCC(C)(NC2CC2)C(N)=O)c(C)c1Br. The minimum absolute atomic E-state index is 0.247. The Morgan fingerprint density at radius 2 is 2.14 bits per heavy atom. The monoisotopic (exact) mass is 356 g/mol. The van der Waals surface area contributed by atoms with E-state index in [-0.39, 0.29) is 5.91 Å². The summed E-state index contributed by atoms with van der Waals surface area (Å²) in [5.74, 6) is -0.247. The first kappa shape index (κ1) is 16.5. The van der Waals surface area contributed by atoms with E-state index in [0.29, 0.717) is 6.04 Å². The van der Waals surface area contributed by atoms with E-state index >= 15 is 0 Å². The Morgan fingerprint density at radius 1 is 1.48 bits per heavy atom. The van der Waals surface area contributed by atoms with Crippen molar-refractivity contribution in [3.63, 3.8) is 0 Å². The number of halogens is 1. The average Bonchev–Trinajstić information content (AvgIpc) is 3.19. The van der Waals surface area contributed by atoms with Crippen LogP contribution in [0.3, 0.4) is 0 Å². The molecule has 0 aromatic carbocycles. The Hall–Kier alpha value is -0.880. The molecule has 6 heteroatoms. The lowest BCUT2D eigenvalue weighted by molar-refractivity contribution is -0.124. The second kappa shape index (κ2) is 6.48. The van der Waals surface area contributed by atoms with Crippen LogP contribution in [0.2, 0.25) is 0 Å². The van der Waals surface area contributed by atoms with E-state index in [1.165, 1.54) is 0 Å². The first-order valence-electron chi connectivity index (χ1n) is 7.60. The van der Waals surface area contributed by atoms with Gasteiger partial charge in [0, 0.05) is 18.3 Å². The Labute approximate surface area is 134 Å². The van der Waals surface area contributed by atoms with Crippen LogP contribution >= 0.6 is 15.9 Å². The van der Waals surface area contributed by atoms with Gasteiger partial charge in [0.2, 0.25) is 5.91 Å². The van der Waals surface area contributed by atoms with Gasteiger partial charge in [0.1, 0.15) is 0 Å². The van der Waals surface area contributed by atoms with Crippen molar-refractivity contribution in [2.24, 2.45) is 5.73 Å². The van der Waals surface area contributed by atoms with E-state index in [9.17, 15) is 4.79 Å². The summed E-state index contributed by atoms with van der Waals surface area (Å²) in [5.41, 5.74) is 7.16. The molecule has 1 fully saturated rings. The van der Waals surface area contributed by atoms with Gasteiger partial charge in [-0.05, 0) is 68.8 Å². The number of amides is 1. The number of hydrogen-bond acceptors (Lipinski definition) is 3. The molecule has 1 aromatic rings. The number of hydrogen-bond donors (Lipinski definition) is 2. The van der Waals surface area contributed by atoms with Gasteiger partial charge in [-0.15, -0.1) is 0 Å². The van der Waals surface area contributed by atoms with Crippen molar-refractivity contribution in [1.82, 2.24) is 15.1 Å². The molecule has 5 nitrogen and oxygen atoms in total. The number of nitrogens with zero attached hydrogens (tertiary/aromatic N) is 2. The summed E-state index contributed by atoms with van der Waals surface area (Å²) in [6.45, 7) is 6.85. The molecule has 1 aliphatic carbocycles. The highest BCUT2D eigenvalue weighted by molar-refractivity contribution is 9.10. The van der Waals surface area contributed by atoms with Crippen molar-refractivity contribution < 1.29 is 4.79 Å². The van der Waals surface area contributed by atoms with E-state index in [4.69, 9.17) is 5.73 Å². The number of nitrogens with one attached hydrogen (secondary N) is 1. The van der Waals surface area contributed by atoms with Crippen LogP contribution in [0.1, 0.15) is 50.4 Å². The third kappa shape index (κ3) is 4.07. The highest BCUT2D eigenvalue weighted by Crippen LogP contribution is 2.25. The van der Waals surface area contributed by atoms with Gasteiger partial charge in [-0.25, -0.2) is 0 Å². The van der Waals surface area contributed by atoms with Crippen LogP contribution in [0.25, 0.3) is 0 Å². The van der Waals surface area contributed by atoms with Gasteiger partial charge in [-0.1, -0.05) is 0 Å². The Kier molecular flexibility index (Phi) is 5.09. The molecule has 1 aromatic heterocycles. The first-order chi connectivity index (χ1) is 9.83. The van der Waals surface area contributed by atoms with E-state index in [1.807, 2.05) is 18.5 Å². The maximum Gasteiger partial charge on any atom is 0.237 e. The van der Waals surface area contributed by atoms with E-state index in [0.717, 1.165) is 54.5 Å². The van der Waals surface area contributed by atoms with Crippen LogP contribution in [0, 0.1) is 13.8 Å². The van der Waals surface area contributed by atoms with Gasteiger partial charge in [0.05, 0.1) is 15.7 Å². The average molecular weight is 357 g/mol. The van der Waals surface area contributed by atoms with Crippen molar-refractivity contribution in [1.29, 1.82) is 0 Å². The predicted octanol–water partition coefficient (Wildman–Crippen LogP) is 2.43. The lowest BCUT2D eigenvalue weighted by Gasteiger charge is -2.27. The normalized spacial score (nSPS) is 17.7. The van der Waals surface area contributed by atoms with Crippen molar-refractivity contribution in [3.05, 3.63) is 15.9 Å². The number of carbonyl (C=O) groups excluding carboxylic acids is 1. The van der Waals surface area contributed by atoms with E-state index < -0.39 is 5.54 Å². The number of aryl methyl sites for hydroxylation is 2. The molecule has 21 heavy (non-hydrogen) atoms. The number of unbranched alkanes of at least 4 members (excludes halogenated alkanes) is 1. The summed E-state index contributed by atoms with van der Waals surface area (Å²) in [6.07, 6.45) is 5.03. The largest absolute Gasteiger partial charge is 0.368 e. The highest BCUT2D eigenvalue weighted by atomic mass is 79.9. The van der Waals surface area contributed by atoms with E-state index in [2.05, 4.69) is 33.3 Å². The number of nitrogens with two attached hydrogens (primary N) is 1. The quantitative estimate of drug-likeness (QED) is 0.702. The molecule has 0 bridgehead atoms. The maximum atomic E-state index is 11.7. The number of primary amides is 1. The lowest BCUT2D eigenvalue weighted by atomic mass is 9.93. The molecule has 0 radical (unpaired) electrons. The maximum absolute atomic E-state index is 11.7. The van der Waals surface area contributed by atoms with Crippen LogP contribution in [-0.2, 0) is 11.3 Å². The smallest absolute Gasteiger partial charge is 0.237 e. The third-order valence-corrected chi connectivity index (χ3v) is 5.38. The number of aromatic nitrogens is 2. The zero-order valence-corrected chi connectivity index (χ0v) is 14.7.